The van der Waals surface area contributed by atoms with E-state index in [1.54, 1.807) is 35.9 Å². The molecule has 0 amide bonds. The Morgan fingerprint density at radius 1 is 1.42 bits per heavy atom. The smallest absolute Gasteiger partial charge is 0.421 e. The number of methoxy groups -OCH3 is 1. The number of nitrogens with one attached hydrogen (secondary N) is 1. The fourth-order valence-corrected chi connectivity index (χ4v) is 7.32. The summed E-state index contributed by atoms with van der Waals surface area (Å²) >= 11 is 13.0. The van der Waals surface area contributed by atoms with Crippen LogP contribution in [0.4, 0.5) is 0 Å². The molecule has 144 valence electrons. The Labute approximate surface area is 168 Å². The van der Waals surface area contributed by atoms with Gasteiger partial charge in [-0.05, 0) is 25.0 Å². The van der Waals surface area contributed by atoms with Gasteiger partial charge >= 0.3 is 13.6 Å². The summed E-state index contributed by atoms with van der Waals surface area (Å²) in [7, 11) is -2.50. The molecule has 3 atom stereocenters. The van der Waals surface area contributed by atoms with Crippen LogP contribution in [0.3, 0.4) is 0 Å². The van der Waals surface area contributed by atoms with E-state index in [2.05, 4.69) is 5.09 Å². The minimum Gasteiger partial charge on any atom is -0.468 e. The molecule has 1 aromatic carbocycles. The lowest BCUT2D eigenvalue weighted by Crippen LogP contribution is -2.44. The Kier molecular flexibility index (Phi) is 7.39. The molecule has 1 heterocycles. The number of ether oxygens (including phenoxy) is 1. The fourth-order valence-electron chi connectivity index (χ4n) is 2.47. The second-order valence-electron chi connectivity index (χ2n) is 6.15. The third-order valence-electron chi connectivity index (χ3n) is 3.90. The highest BCUT2D eigenvalue weighted by Gasteiger charge is 2.47. The number of hydrogen-bond acceptors (Lipinski definition) is 6. The molecule has 0 aliphatic carbocycles. The topological polar surface area (TPSA) is 67.9 Å². The van der Waals surface area contributed by atoms with Crippen molar-refractivity contribution in [3.63, 3.8) is 0 Å². The maximum Gasteiger partial charge on any atom is 0.421 e. The number of hydrogen-bond donors (Lipinski definition) is 1. The summed E-state index contributed by atoms with van der Waals surface area (Å²) in [6.45, 7) is 5.61. The van der Waals surface area contributed by atoms with Gasteiger partial charge in [-0.15, -0.1) is 0 Å². The summed E-state index contributed by atoms with van der Waals surface area (Å²) in [6, 6.07) is 5.79. The van der Waals surface area contributed by atoms with E-state index in [1.165, 1.54) is 18.9 Å². The molecule has 1 aliphatic rings. The molecule has 0 radical (unpaired) electrons. The summed E-state index contributed by atoms with van der Waals surface area (Å²) in [5, 5.41) is 3.12. The lowest BCUT2D eigenvalue weighted by Gasteiger charge is -2.36. The second kappa shape index (κ2) is 8.93. The van der Waals surface area contributed by atoms with E-state index in [4.69, 9.17) is 33.1 Å². The summed E-state index contributed by atoms with van der Waals surface area (Å²) < 4.78 is 26.6. The van der Waals surface area contributed by atoms with Crippen LogP contribution in [0.1, 0.15) is 20.8 Å². The van der Waals surface area contributed by atoms with Crippen molar-refractivity contribution in [1.82, 2.24) is 9.76 Å². The molecule has 26 heavy (non-hydrogen) atoms. The minimum atomic E-state index is -3.77. The molecule has 1 fully saturated rings. The molecular weight excluding hydrogens is 415 g/mol. The van der Waals surface area contributed by atoms with Gasteiger partial charge in [0.05, 0.1) is 18.2 Å². The summed E-state index contributed by atoms with van der Waals surface area (Å²) in [4.78, 5) is 11.9. The zero-order valence-electron chi connectivity index (χ0n) is 15.0. The van der Waals surface area contributed by atoms with Crippen LogP contribution in [0, 0.1) is 5.92 Å². The van der Waals surface area contributed by atoms with Crippen molar-refractivity contribution in [2.45, 2.75) is 32.9 Å². The van der Waals surface area contributed by atoms with Crippen molar-refractivity contribution in [2.24, 2.45) is 5.92 Å². The molecule has 0 bridgehead atoms. The van der Waals surface area contributed by atoms with E-state index < -0.39 is 19.7 Å². The Bertz CT molecular complexity index is 734. The van der Waals surface area contributed by atoms with Gasteiger partial charge in [-0.3, -0.25) is 9.46 Å². The number of halogens is 1. The Balaban J connectivity index is 2.43. The number of esters is 1. The van der Waals surface area contributed by atoms with Crippen molar-refractivity contribution in [3.05, 3.63) is 29.3 Å². The number of thiocarbonyl (C=S) groups is 1. The number of benzene rings is 1. The number of carbonyl (C=O) groups excluding carboxylic acids is 1. The quantitative estimate of drug-likeness (QED) is 0.384. The third kappa shape index (κ3) is 4.73. The van der Waals surface area contributed by atoms with Crippen LogP contribution < -0.4 is 9.61 Å². The van der Waals surface area contributed by atoms with Gasteiger partial charge in [0.2, 0.25) is 0 Å². The second-order valence-corrected chi connectivity index (χ2v) is 10.1. The first kappa shape index (κ1) is 21.5. The van der Waals surface area contributed by atoms with E-state index in [9.17, 15) is 9.36 Å². The third-order valence-corrected chi connectivity index (χ3v) is 8.21. The monoisotopic (exact) mass is 436 g/mol. The molecule has 6 nitrogen and oxygen atoms in total. The first-order chi connectivity index (χ1) is 12.2. The molecule has 0 saturated carbocycles. The first-order valence-corrected chi connectivity index (χ1v) is 11.4. The van der Waals surface area contributed by atoms with Crippen molar-refractivity contribution in [3.8, 4) is 5.75 Å². The average Bonchev–Trinajstić information content (AvgIpc) is 2.98. The van der Waals surface area contributed by atoms with Crippen molar-refractivity contribution in [1.29, 1.82) is 0 Å². The SMILES string of the molecule is COC(=O)[C@H](C)N[P@@](=O)(Oc1ccccc1Cl)N1C(=S)SC[C@@H]1C(C)C. The van der Waals surface area contributed by atoms with E-state index >= 15 is 0 Å². The van der Waals surface area contributed by atoms with Gasteiger partial charge in [-0.2, -0.15) is 0 Å². The van der Waals surface area contributed by atoms with Gasteiger partial charge in [0.15, 0.2) is 0 Å². The highest BCUT2D eigenvalue weighted by atomic mass is 35.5. The van der Waals surface area contributed by atoms with E-state index in [1.807, 2.05) is 13.8 Å². The zero-order chi connectivity index (χ0) is 19.5. The number of rotatable bonds is 7. The zero-order valence-corrected chi connectivity index (χ0v) is 18.3. The molecule has 0 unspecified atom stereocenters. The van der Waals surface area contributed by atoms with Crippen LogP contribution in [0.2, 0.25) is 5.02 Å². The van der Waals surface area contributed by atoms with Crippen molar-refractivity contribution < 1.29 is 18.6 Å². The van der Waals surface area contributed by atoms with Gasteiger partial charge in [0, 0.05) is 5.75 Å². The van der Waals surface area contributed by atoms with Gasteiger partial charge in [0.1, 0.15) is 16.1 Å². The van der Waals surface area contributed by atoms with E-state index in [0.29, 0.717) is 15.1 Å². The number of thioether (sulfide) groups is 1. The Morgan fingerprint density at radius 3 is 2.65 bits per heavy atom. The van der Waals surface area contributed by atoms with Gasteiger partial charge in [-0.25, -0.2) is 9.65 Å². The fraction of sp³-hybridized carbons (Fsp3) is 0.500. The normalized spacial score (nSPS) is 20.8. The van der Waals surface area contributed by atoms with Crippen molar-refractivity contribution in [2.75, 3.05) is 12.9 Å². The molecule has 0 aromatic heterocycles. The van der Waals surface area contributed by atoms with Crippen LogP contribution in [-0.2, 0) is 14.1 Å². The van der Waals surface area contributed by atoms with Gasteiger partial charge in [-0.1, -0.05) is 61.6 Å². The van der Waals surface area contributed by atoms with E-state index in [-0.39, 0.29) is 17.7 Å². The summed E-state index contributed by atoms with van der Waals surface area (Å²) in [5.41, 5.74) is 0. The highest BCUT2D eigenvalue weighted by Crippen LogP contribution is 2.55. The highest BCUT2D eigenvalue weighted by molar-refractivity contribution is 8.23. The van der Waals surface area contributed by atoms with Crippen LogP contribution in [0.25, 0.3) is 0 Å². The molecule has 10 heteroatoms. The minimum absolute atomic E-state index is 0.0989. The molecule has 1 N–H and O–H groups in total. The number of para-hydroxylation sites is 1. The first-order valence-electron chi connectivity index (χ1n) is 8.06. The molecule has 1 saturated heterocycles. The molecular formula is C16H22ClN2O4PS2. The Morgan fingerprint density at radius 2 is 2.08 bits per heavy atom. The predicted molar refractivity (Wildman–Crippen MR) is 110 cm³/mol. The lowest BCUT2D eigenvalue weighted by atomic mass is 10.1. The van der Waals surface area contributed by atoms with Crippen molar-refractivity contribution >= 4 is 53.5 Å². The summed E-state index contributed by atoms with van der Waals surface area (Å²) in [6.07, 6.45) is 0. The number of nitrogens with zero attached hydrogens (tertiary/aromatic N) is 1. The van der Waals surface area contributed by atoms with Crippen LogP contribution in [-0.4, -0.2) is 39.9 Å². The van der Waals surface area contributed by atoms with E-state index in [0.717, 1.165) is 0 Å². The average molecular weight is 437 g/mol. The van der Waals surface area contributed by atoms with Crippen LogP contribution in [0.5, 0.6) is 5.75 Å². The standard InChI is InChI=1S/C16H22ClN2O4PS2/c1-10(2)13-9-26-16(25)19(13)24(21,18-11(3)15(20)22-4)23-14-8-6-5-7-12(14)17/h5-8,10-11,13H,9H2,1-4H3,(H,18,21)/t11-,13+,24+/m0/s1. The maximum atomic E-state index is 13.9. The lowest BCUT2D eigenvalue weighted by molar-refractivity contribution is -0.142. The van der Waals surface area contributed by atoms with Crippen LogP contribution in [0.15, 0.2) is 24.3 Å². The summed E-state index contributed by atoms with van der Waals surface area (Å²) in [5.74, 6) is 0.582. The van der Waals surface area contributed by atoms with Gasteiger partial charge < -0.3 is 9.26 Å². The predicted octanol–water partition coefficient (Wildman–Crippen LogP) is 4.34. The largest absolute Gasteiger partial charge is 0.468 e. The molecule has 2 rings (SSSR count). The Hall–Kier alpha value is -0.790. The number of carbonyl (C=O) groups is 1. The molecule has 0 spiro atoms. The van der Waals surface area contributed by atoms with Gasteiger partial charge in [0.25, 0.3) is 0 Å². The maximum absolute atomic E-state index is 13.9. The molecule has 1 aliphatic heterocycles. The van der Waals surface area contributed by atoms with Crippen LogP contribution >= 0.6 is 43.3 Å². The molecule has 1 aromatic rings.